The first-order valence-corrected chi connectivity index (χ1v) is 5.26. The lowest BCUT2D eigenvalue weighted by Gasteiger charge is -2.16. The van der Waals surface area contributed by atoms with Crippen LogP contribution in [0.4, 0.5) is 0 Å². The van der Waals surface area contributed by atoms with Gasteiger partial charge in [-0.05, 0) is 25.7 Å². The Morgan fingerprint density at radius 1 is 1.36 bits per heavy atom. The smallest absolute Gasteiger partial charge is 0.0951 e. The van der Waals surface area contributed by atoms with Gasteiger partial charge in [0.25, 0.3) is 0 Å². The lowest BCUT2D eigenvalue weighted by molar-refractivity contribution is 0.265. The molecule has 0 saturated heterocycles. The molecule has 3 heteroatoms. The summed E-state index contributed by atoms with van der Waals surface area (Å²) in [5, 5.41) is 9.07. The molecule has 0 aliphatic carbocycles. The summed E-state index contributed by atoms with van der Waals surface area (Å²) in [6.07, 6.45) is 5.88. The SMILES string of the molecule is CC(C)CCC(C)n1cncc1CO. The number of nitrogens with zero attached hydrogens (tertiary/aromatic N) is 2. The molecule has 3 nitrogen and oxygen atoms in total. The van der Waals surface area contributed by atoms with Gasteiger partial charge in [0.05, 0.1) is 24.8 Å². The maximum absolute atomic E-state index is 9.07. The summed E-state index contributed by atoms with van der Waals surface area (Å²) >= 11 is 0. The predicted molar refractivity (Wildman–Crippen MR) is 56.9 cm³/mol. The van der Waals surface area contributed by atoms with Gasteiger partial charge in [-0.15, -0.1) is 0 Å². The van der Waals surface area contributed by atoms with E-state index in [0.717, 1.165) is 18.0 Å². The Bertz CT molecular complexity index is 268. The maximum atomic E-state index is 9.07. The minimum Gasteiger partial charge on any atom is -0.390 e. The van der Waals surface area contributed by atoms with E-state index in [0.29, 0.717) is 6.04 Å². The Labute approximate surface area is 85.8 Å². The van der Waals surface area contributed by atoms with Crippen LogP contribution in [-0.2, 0) is 6.61 Å². The van der Waals surface area contributed by atoms with Crippen LogP contribution in [-0.4, -0.2) is 14.7 Å². The van der Waals surface area contributed by atoms with E-state index in [4.69, 9.17) is 5.11 Å². The van der Waals surface area contributed by atoms with Crippen molar-refractivity contribution in [3.05, 3.63) is 18.2 Å². The fourth-order valence-electron chi connectivity index (χ4n) is 1.56. The first-order valence-electron chi connectivity index (χ1n) is 5.26. The standard InChI is InChI=1S/C11H20N2O/c1-9(2)4-5-10(3)13-8-12-6-11(13)7-14/h6,8-10,14H,4-5,7H2,1-3H3. The molecule has 1 rings (SSSR count). The van der Waals surface area contributed by atoms with E-state index in [1.54, 1.807) is 12.5 Å². The fourth-order valence-corrected chi connectivity index (χ4v) is 1.56. The van der Waals surface area contributed by atoms with Crippen LogP contribution >= 0.6 is 0 Å². The number of aliphatic hydroxyl groups is 1. The van der Waals surface area contributed by atoms with E-state index in [-0.39, 0.29) is 6.61 Å². The van der Waals surface area contributed by atoms with Crippen molar-refractivity contribution >= 4 is 0 Å². The van der Waals surface area contributed by atoms with Crippen molar-refractivity contribution in [2.45, 2.75) is 46.3 Å². The molecule has 1 N–H and O–H groups in total. The molecule has 0 saturated carbocycles. The second-order valence-electron chi connectivity index (χ2n) is 4.27. The monoisotopic (exact) mass is 196 g/mol. The molecular formula is C11H20N2O. The summed E-state index contributed by atoms with van der Waals surface area (Å²) in [4.78, 5) is 4.04. The molecule has 0 aliphatic heterocycles. The van der Waals surface area contributed by atoms with E-state index in [1.807, 2.05) is 0 Å². The Morgan fingerprint density at radius 3 is 2.64 bits per heavy atom. The van der Waals surface area contributed by atoms with Crippen molar-refractivity contribution in [1.29, 1.82) is 0 Å². The molecule has 0 spiro atoms. The van der Waals surface area contributed by atoms with Crippen molar-refractivity contribution in [2.75, 3.05) is 0 Å². The second kappa shape index (κ2) is 5.15. The van der Waals surface area contributed by atoms with E-state index in [1.165, 1.54) is 6.42 Å². The summed E-state index contributed by atoms with van der Waals surface area (Å²) in [6.45, 7) is 6.70. The Balaban J connectivity index is 2.55. The zero-order valence-corrected chi connectivity index (χ0v) is 9.27. The van der Waals surface area contributed by atoms with Crippen molar-refractivity contribution in [2.24, 2.45) is 5.92 Å². The van der Waals surface area contributed by atoms with Gasteiger partial charge in [0.15, 0.2) is 0 Å². The van der Waals surface area contributed by atoms with Crippen LogP contribution in [0.2, 0.25) is 0 Å². The Hall–Kier alpha value is -0.830. The third-order valence-electron chi connectivity index (χ3n) is 2.54. The zero-order valence-electron chi connectivity index (χ0n) is 9.27. The molecule has 1 unspecified atom stereocenters. The molecular weight excluding hydrogens is 176 g/mol. The number of aliphatic hydroxyl groups excluding tert-OH is 1. The van der Waals surface area contributed by atoms with E-state index in [9.17, 15) is 0 Å². The summed E-state index contributed by atoms with van der Waals surface area (Å²) in [7, 11) is 0. The van der Waals surface area contributed by atoms with Gasteiger partial charge < -0.3 is 9.67 Å². The number of imidazole rings is 1. The minimum absolute atomic E-state index is 0.0754. The molecule has 0 bridgehead atoms. The Morgan fingerprint density at radius 2 is 2.07 bits per heavy atom. The van der Waals surface area contributed by atoms with Crippen LogP contribution in [0, 0.1) is 5.92 Å². The van der Waals surface area contributed by atoms with E-state index in [2.05, 4.69) is 30.3 Å². The third-order valence-corrected chi connectivity index (χ3v) is 2.54. The number of rotatable bonds is 5. The summed E-state index contributed by atoms with van der Waals surface area (Å²) < 4.78 is 2.06. The van der Waals surface area contributed by atoms with Crippen molar-refractivity contribution in [1.82, 2.24) is 9.55 Å². The third kappa shape index (κ3) is 2.84. The first-order chi connectivity index (χ1) is 6.65. The lowest BCUT2D eigenvalue weighted by atomic mass is 10.0. The maximum Gasteiger partial charge on any atom is 0.0951 e. The highest BCUT2D eigenvalue weighted by Gasteiger charge is 2.09. The van der Waals surface area contributed by atoms with Crippen LogP contribution in [0.1, 0.15) is 45.3 Å². The highest BCUT2D eigenvalue weighted by atomic mass is 16.3. The van der Waals surface area contributed by atoms with Crippen LogP contribution < -0.4 is 0 Å². The molecule has 80 valence electrons. The van der Waals surface area contributed by atoms with E-state index >= 15 is 0 Å². The highest BCUT2D eigenvalue weighted by Crippen LogP contribution is 2.18. The van der Waals surface area contributed by atoms with Crippen molar-refractivity contribution in [3.63, 3.8) is 0 Å². The molecule has 0 aromatic carbocycles. The summed E-state index contributed by atoms with van der Waals surface area (Å²) in [6, 6.07) is 0.432. The highest BCUT2D eigenvalue weighted by molar-refractivity contribution is 4.97. The summed E-state index contributed by atoms with van der Waals surface area (Å²) in [5.74, 6) is 0.735. The van der Waals surface area contributed by atoms with Gasteiger partial charge in [-0.3, -0.25) is 0 Å². The zero-order chi connectivity index (χ0) is 10.6. The lowest BCUT2D eigenvalue weighted by Crippen LogP contribution is -2.08. The van der Waals surface area contributed by atoms with Crippen molar-refractivity contribution < 1.29 is 5.11 Å². The molecule has 1 aromatic rings. The molecule has 0 amide bonds. The fraction of sp³-hybridized carbons (Fsp3) is 0.727. The van der Waals surface area contributed by atoms with Gasteiger partial charge in [0, 0.05) is 6.04 Å². The normalized spacial score (nSPS) is 13.5. The molecule has 1 heterocycles. The van der Waals surface area contributed by atoms with E-state index < -0.39 is 0 Å². The van der Waals surface area contributed by atoms with Gasteiger partial charge in [0.1, 0.15) is 0 Å². The molecule has 0 radical (unpaired) electrons. The quantitative estimate of drug-likeness (QED) is 0.785. The van der Waals surface area contributed by atoms with Gasteiger partial charge >= 0.3 is 0 Å². The van der Waals surface area contributed by atoms with Crippen LogP contribution in [0.15, 0.2) is 12.5 Å². The largest absolute Gasteiger partial charge is 0.390 e. The van der Waals surface area contributed by atoms with Gasteiger partial charge in [-0.25, -0.2) is 4.98 Å². The Kier molecular flexibility index (Phi) is 4.14. The number of aromatic nitrogens is 2. The first kappa shape index (κ1) is 11.2. The summed E-state index contributed by atoms with van der Waals surface area (Å²) in [5.41, 5.74) is 0.904. The second-order valence-corrected chi connectivity index (χ2v) is 4.27. The molecule has 14 heavy (non-hydrogen) atoms. The van der Waals surface area contributed by atoms with Crippen LogP contribution in [0.3, 0.4) is 0 Å². The predicted octanol–water partition coefficient (Wildman–Crippen LogP) is 2.37. The van der Waals surface area contributed by atoms with Gasteiger partial charge in [-0.2, -0.15) is 0 Å². The molecule has 0 fully saturated rings. The topological polar surface area (TPSA) is 38.0 Å². The van der Waals surface area contributed by atoms with Crippen LogP contribution in [0.25, 0.3) is 0 Å². The van der Waals surface area contributed by atoms with Crippen molar-refractivity contribution in [3.8, 4) is 0 Å². The molecule has 0 aliphatic rings. The van der Waals surface area contributed by atoms with Gasteiger partial charge in [0.2, 0.25) is 0 Å². The minimum atomic E-state index is 0.0754. The number of hydrogen-bond donors (Lipinski definition) is 1. The number of hydrogen-bond acceptors (Lipinski definition) is 2. The van der Waals surface area contributed by atoms with Gasteiger partial charge in [-0.1, -0.05) is 13.8 Å². The average Bonchev–Trinajstić information content (AvgIpc) is 2.61. The molecule has 1 aromatic heterocycles. The average molecular weight is 196 g/mol. The van der Waals surface area contributed by atoms with Crippen LogP contribution in [0.5, 0.6) is 0 Å². The molecule has 1 atom stereocenters.